The molecule has 0 heterocycles. The zero-order valence-electron chi connectivity index (χ0n) is 14.3. The molecule has 0 fully saturated rings. The molecule has 1 aromatic carbocycles. The minimum atomic E-state index is -0.883. The normalized spacial score (nSPS) is 9.78. The Balaban J connectivity index is 0. The van der Waals surface area contributed by atoms with Crippen LogP contribution in [0.4, 0.5) is 0 Å². The second kappa shape index (κ2) is 13.8. The molecule has 130 valence electrons. The van der Waals surface area contributed by atoms with E-state index in [0.29, 0.717) is 12.0 Å². The van der Waals surface area contributed by atoms with Crippen molar-refractivity contribution in [1.82, 2.24) is 15.6 Å². The Hall–Kier alpha value is -1.82. The number of rotatable bonds is 7. The summed E-state index contributed by atoms with van der Waals surface area (Å²) in [5.74, 6) is -0.883. The first kappa shape index (κ1) is 23.4. The molecule has 23 heavy (non-hydrogen) atoms. The molecule has 0 saturated heterocycles. The molecule has 0 atom stereocenters. The first-order valence-electron chi connectivity index (χ1n) is 7.20. The molecule has 6 heteroatoms. The third kappa shape index (κ3) is 11.4. The molecule has 0 aliphatic heterocycles. The smallest absolute Gasteiger partial charge is 0.330 e. The number of hydrogen-bond acceptors (Lipinski definition) is 4. The average Bonchev–Trinajstić information content (AvgIpc) is 2.53. The molecule has 0 unspecified atom stereocenters. The third-order valence-corrected chi connectivity index (χ3v) is 2.93. The van der Waals surface area contributed by atoms with Gasteiger partial charge in [-0.15, -0.1) is 12.4 Å². The first-order chi connectivity index (χ1) is 10.4. The zero-order chi connectivity index (χ0) is 17.0. The lowest BCUT2D eigenvalue weighted by atomic mass is 10.2. The van der Waals surface area contributed by atoms with E-state index in [4.69, 9.17) is 5.11 Å². The second-order valence-corrected chi connectivity index (χ2v) is 4.71. The van der Waals surface area contributed by atoms with Gasteiger partial charge in [-0.3, -0.25) is 0 Å². The Morgan fingerprint density at radius 2 is 1.87 bits per heavy atom. The van der Waals surface area contributed by atoms with Crippen LogP contribution in [-0.2, 0) is 4.79 Å². The van der Waals surface area contributed by atoms with Gasteiger partial charge in [0.2, 0.25) is 0 Å². The van der Waals surface area contributed by atoms with Crippen molar-refractivity contribution in [2.45, 2.75) is 19.8 Å². The molecule has 1 aromatic rings. The van der Waals surface area contributed by atoms with Crippen LogP contribution in [0.25, 0.3) is 6.08 Å². The molecule has 0 radical (unpaired) electrons. The van der Waals surface area contributed by atoms with Gasteiger partial charge in [-0.25, -0.2) is 10.2 Å². The number of hydrogen-bond donors (Lipinski definition) is 2. The van der Waals surface area contributed by atoms with Crippen LogP contribution in [0.1, 0.15) is 25.3 Å². The van der Waals surface area contributed by atoms with Gasteiger partial charge in [0.1, 0.15) is 0 Å². The molecule has 0 amide bonds. The Bertz CT molecular complexity index is 478. The minimum absolute atomic E-state index is 0. The maximum atomic E-state index is 9.99. The van der Waals surface area contributed by atoms with E-state index < -0.39 is 5.97 Å². The number of halogens is 1. The Morgan fingerprint density at radius 1 is 1.30 bits per heavy atom. The highest BCUT2D eigenvalue weighted by Gasteiger charge is 1.99. The Kier molecular flexibility index (Phi) is 14.1. The van der Waals surface area contributed by atoms with Crippen molar-refractivity contribution in [2.75, 3.05) is 21.1 Å². The molecule has 0 bridgehead atoms. The van der Waals surface area contributed by atoms with Crippen molar-refractivity contribution in [3.05, 3.63) is 54.2 Å². The number of carbonyl (C=O) groups is 1. The van der Waals surface area contributed by atoms with Crippen LogP contribution in [0.5, 0.6) is 0 Å². The highest BCUT2D eigenvalue weighted by molar-refractivity contribution is 5.85. The van der Waals surface area contributed by atoms with Gasteiger partial charge in [-0.05, 0) is 18.1 Å². The fraction of sp³-hybridized carbons (Fsp3) is 0.353. The summed E-state index contributed by atoms with van der Waals surface area (Å²) in [4.78, 5) is 9.99. The van der Waals surface area contributed by atoms with Crippen LogP contribution in [0.3, 0.4) is 0 Å². The van der Waals surface area contributed by atoms with Crippen molar-refractivity contribution < 1.29 is 9.90 Å². The van der Waals surface area contributed by atoms with E-state index in [0.717, 1.165) is 6.42 Å². The van der Waals surface area contributed by atoms with Gasteiger partial charge in [0.25, 0.3) is 0 Å². The van der Waals surface area contributed by atoms with Gasteiger partial charge < -0.3 is 10.1 Å². The van der Waals surface area contributed by atoms with Crippen molar-refractivity contribution in [1.29, 1.82) is 0 Å². The molecule has 5 nitrogen and oxygen atoms in total. The van der Waals surface area contributed by atoms with Crippen LogP contribution in [0.15, 0.2) is 48.7 Å². The summed E-state index contributed by atoms with van der Waals surface area (Å²) in [5, 5.41) is 12.1. The molecule has 2 N–H and O–H groups in total. The third-order valence-electron chi connectivity index (χ3n) is 2.93. The van der Waals surface area contributed by atoms with Gasteiger partial charge in [0, 0.05) is 32.9 Å². The summed E-state index contributed by atoms with van der Waals surface area (Å²) in [5.41, 5.74) is 4.51. The number of aliphatic carboxylic acids is 1. The number of carboxylic acid groups (broad SMARTS) is 1. The number of nitrogens with one attached hydrogen (secondary N) is 1. The number of carboxylic acids is 1. The van der Waals surface area contributed by atoms with Crippen molar-refractivity contribution in [2.24, 2.45) is 0 Å². The summed E-state index contributed by atoms with van der Waals surface area (Å²) in [6.45, 7) is 5.27. The predicted molar refractivity (Wildman–Crippen MR) is 99.0 cm³/mol. The quantitative estimate of drug-likeness (QED) is 0.588. The van der Waals surface area contributed by atoms with Crippen molar-refractivity contribution >= 4 is 24.5 Å². The summed E-state index contributed by atoms with van der Waals surface area (Å²) < 4.78 is 0. The maximum absolute atomic E-state index is 9.99. The van der Waals surface area contributed by atoms with Crippen LogP contribution < -0.4 is 5.43 Å². The van der Waals surface area contributed by atoms with Crippen LogP contribution >= 0.6 is 12.4 Å². The highest BCUT2D eigenvalue weighted by atomic mass is 35.5. The molecule has 0 aliphatic rings. The lowest BCUT2D eigenvalue weighted by Gasteiger charge is -2.25. The average molecular weight is 342 g/mol. The Morgan fingerprint density at radius 3 is 2.26 bits per heavy atom. The SMILES string of the molecule is C=C(CCC)C(=O)O.CNN(C)N(C)C=Cc1ccccc1.Cl. The van der Waals surface area contributed by atoms with E-state index in [9.17, 15) is 4.79 Å². The topological polar surface area (TPSA) is 55.8 Å². The first-order valence-corrected chi connectivity index (χ1v) is 7.20. The van der Waals surface area contributed by atoms with Gasteiger partial charge in [-0.2, -0.15) is 5.12 Å². The monoisotopic (exact) mass is 341 g/mol. The number of nitrogens with zero attached hydrogens (tertiary/aromatic N) is 2. The summed E-state index contributed by atoms with van der Waals surface area (Å²) in [6, 6.07) is 10.2. The fourth-order valence-corrected chi connectivity index (χ4v) is 1.42. The summed E-state index contributed by atoms with van der Waals surface area (Å²) in [6.07, 6.45) is 5.51. The van der Waals surface area contributed by atoms with Crippen LogP contribution in [0, 0.1) is 0 Å². The summed E-state index contributed by atoms with van der Waals surface area (Å²) in [7, 11) is 5.82. The largest absolute Gasteiger partial charge is 0.478 e. The molecule has 0 aromatic heterocycles. The molecule has 0 saturated carbocycles. The molecule has 1 rings (SSSR count). The van der Waals surface area contributed by atoms with Gasteiger partial charge in [-0.1, -0.05) is 50.3 Å². The molecule has 0 aliphatic carbocycles. The lowest BCUT2D eigenvalue weighted by Crippen LogP contribution is -2.41. The zero-order valence-corrected chi connectivity index (χ0v) is 15.1. The summed E-state index contributed by atoms with van der Waals surface area (Å²) >= 11 is 0. The van der Waals surface area contributed by atoms with E-state index >= 15 is 0 Å². The molecular weight excluding hydrogens is 314 g/mol. The molecule has 0 spiro atoms. The predicted octanol–water partition coefficient (Wildman–Crippen LogP) is 3.42. The van der Waals surface area contributed by atoms with Crippen LogP contribution in [-0.4, -0.2) is 42.3 Å². The Labute approximate surface area is 145 Å². The van der Waals surface area contributed by atoms with Crippen molar-refractivity contribution in [3.8, 4) is 0 Å². The maximum Gasteiger partial charge on any atom is 0.330 e. The van der Waals surface area contributed by atoms with E-state index in [2.05, 4.69) is 30.2 Å². The van der Waals surface area contributed by atoms with E-state index in [1.54, 1.807) is 0 Å². The molecular formula is C17H28ClN3O2. The van der Waals surface area contributed by atoms with Crippen LogP contribution in [0.2, 0.25) is 0 Å². The standard InChI is InChI=1S/C11H17N3.C6H10O2.ClH/c1-12-14(3)13(2)10-9-11-7-5-4-6-8-11;1-3-4-5(2)6(7)8;/h4-10,12H,1-3H3;2-4H2,1H3,(H,7,8);1H. The van der Waals surface area contributed by atoms with Gasteiger partial charge >= 0.3 is 5.97 Å². The number of benzene rings is 1. The van der Waals surface area contributed by atoms with Crippen molar-refractivity contribution in [3.63, 3.8) is 0 Å². The number of hydrazine groups is 2. The van der Waals surface area contributed by atoms with E-state index in [1.165, 1.54) is 5.56 Å². The second-order valence-electron chi connectivity index (χ2n) is 4.71. The highest BCUT2D eigenvalue weighted by Crippen LogP contribution is 2.02. The van der Waals surface area contributed by atoms with E-state index in [1.807, 2.05) is 62.6 Å². The van der Waals surface area contributed by atoms with Gasteiger partial charge in [0.05, 0.1) is 0 Å². The van der Waals surface area contributed by atoms with Gasteiger partial charge in [0.15, 0.2) is 0 Å². The fourth-order valence-electron chi connectivity index (χ4n) is 1.42. The lowest BCUT2D eigenvalue weighted by molar-refractivity contribution is -0.132. The minimum Gasteiger partial charge on any atom is -0.478 e. The van der Waals surface area contributed by atoms with E-state index in [-0.39, 0.29) is 12.4 Å².